The van der Waals surface area contributed by atoms with Crippen LogP contribution in [0.5, 0.6) is 11.5 Å². The molecule has 3 rings (SSSR count). The Morgan fingerprint density at radius 1 is 0.818 bits per heavy atom. The summed E-state index contributed by atoms with van der Waals surface area (Å²) in [6.07, 6.45) is 7.85. The summed E-state index contributed by atoms with van der Waals surface area (Å²) in [5.41, 5.74) is 5.48. The number of aliphatic carboxylic acids is 1. The molecule has 1 fully saturated rings. The molecule has 1 radical (unpaired) electrons. The molecule has 0 unspecified atom stereocenters. The number of hydrogen-bond acceptors (Lipinski definition) is 5. The van der Waals surface area contributed by atoms with E-state index in [4.69, 9.17) is 19.9 Å². The molecule has 0 aliphatic heterocycles. The average molecular weight is 498 g/mol. The van der Waals surface area contributed by atoms with Crippen LogP contribution in [0.15, 0.2) is 34.3 Å². The van der Waals surface area contributed by atoms with Gasteiger partial charge >= 0.3 is 0 Å². The fraction of sp³-hybridized carbons (Fsp3) is 0.423. The average Bonchev–Trinajstić information content (AvgIpc) is 2.71. The molecule has 3 N–H and O–H groups in total. The van der Waals surface area contributed by atoms with Crippen LogP contribution in [-0.4, -0.2) is 45.8 Å². The van der Waals surface area contributed by atoms with Crippen molar-refractivity contribution < 1.29 is 36.9 Å². The summed E-state index contributed by atoms with van der Waals surface area (Å²) in [7, 11) is 0. The fourth-order valence-electron chi connectivity index (χ4n) is 3.97. The van der Waals surface area contributed by atoms with E-state index in [2.05, 4.69) is 0 Å². The van der Waals surface area contributed by atoms with E-state index < -0.39 is 5.97 Å². The molecule has 2 aromatic rings. The third-order valence-corrected chi connectivity index (χ3v) is 5.45. The molecule has 6 nitrogen and oxygen atoms in total. The molecule has 2 atom stereocenters. The zero-order chi connectivity index (χ0) is 23.8. The monoisotopic (exact) mass is 497 g/mol. The van der Waals surface area contributed by atoms with Crippen LogP contribution in [0.25, 0.3) is 0 Å². The summed E-state index contributed by atoms with van der Waals surface area (Å²) in [6, 6.07) is 8.05. The van der Waals surface area contributed by atoms with Gasteiger partial charge in [0, 0.05) is 47.3 Å². The molecular formula is C26H34CoN2O4. The van der Waals surface area contributed by atoms with Crippen molar-refractivity contribution in [2.24, 2.45) is 9.98 Å². The van der Waals surface area contributed by atoms with Crippen molar-refractivity contribution >= 4 is 18.4 Å². The van der Waals surface area contributed by atoms with Crippen molar-refractivity contribution in [3.8, 4) is 11.5 Å². The Morgan fingerprint density at radius 2 is 1.15 bits per heavy atom. The molecule has 1 aliphatic rings. The van der Waals surface area contributed by atoms with Crippen LogP contribution in [-0.2, 0) is 21.6 Å². The van der Waals surface area contributed by atoms with Crippen LogP contribution < -0.4 is 0 Å². The normalized spacial score (nSPS) is 18.0. The molecule has 0 amide bonds. The van der Waals surface area contributed by atoms with E-state index in [-0.39, 0.29) is 28.9 Å². The Labute approximate surface area is 206 Å². The topological polar surface area (TPSA) is 102 Å². The molecule has 0 saturated heterocycles. The molecule has 33 heavy (non-hydrogen) atoms. The Bertz CT molecular complexity index is 938. The maximum absolute atomic E-state index is 10.3. The van der Waals surface area contributed by atoms with E-state index in [1.54, 1.807) is 12.4 Å². The Kier molecular flexibility index (Phi) is 11.3. The van der Waals surface area contributed by atoms with E-state index in [9.17, 15) is 10.2 Å². The molecular weight excluding hydrogens is 463 g/mol. The first kappa shape index (κ1) is 28.4. The summed E-state index contributed by atoms with van der Waals surface area (Å²) in [5, 5.41) is 28.0. The van der Waals surface area contributed by atoms with Crippen molar-refractivity contribution in [2.75, 3.05) is 0 Å². The summed E-state index contributed by atoms with van der Waals surface area (Å²) in [6.45, 7) is 8.94. The van der Waals surface area contributed by atoms with Gasteiger partial charge in [-0.05, 0) is 74.9 Å². The first-order valence-corrected chi connectivity index (χ1v) is 10.9. The van der Waals surface area contributed by atoms with Crippen molar-refractivity contribution in [1.29, 1.82) is 0 Å². The molecule has 0 heterocycles. The van der Waals surface area contributed by atoms with Gasteiger partial charge in [-0.2, -0.15) is 0 Å². The number of carbonyl (C=O) groups is 1. The van der Waals surface area contributed by atoms with Gasteiger partial charge in [0.25, 0.3) is 5.97 Å². The predicted octanol–water partition coefficient (Wildman–Crippen LogP) is 5.27. The molecule has 0 spiro atoms. The largest absolute Gasteiger partial charge is 0.507 e. The number of phenols is 2. The third-order valence-electron chi connectivity index (χ3n) is 5.45. The number of rotatable bonds is 4. The second-order valence-electron chi connectivity index (χ2n) is 8.53. The quantitative estimate of drug-likeness (QED) is 0.501. The van der Waals surface area contributed by atoms with E-state index in [1.807, 2.05) is 52.0 Å². The first-order valence-electron chi connectivity index (χ1n) is 10.9. The van der Waals surface area contributed by atoms with Gasteiger partial charge < -0.3 is 15.3 Å². The number of aromatic hydroxyl groups is 2. The smallest absolute Gasteiger partial charge is 0.300 e. The molecule has 1 saturated carbocycles. The number of phenolic OH excluding ortho intramolecular Hbond substituents is 2. The van der Waals surface area contributed by atoms with E-state index >= 15 is 0 Å². The molecule has 0 bridgehead atoms. The third kappa shape index (κ3) is 8.66. The summed E-state index contributed by atoms with van der Waals surface area (Å²) in [5.74, 6) is -0.240. The van der Waals surface area contributed by atoms with Crippen molar-refractivity contribution in [1.82, 2.24) is 0 Å². The van der Waals surface area contributed by atoms with Gasteiger partial charge in [0.2, 0.25) is 0 Å². The van der Waals surface area contributed by atoms with Crippen LogP contribution in [0, 0.1) is 27.7 Å². The second kappa shape index (κ2) is 13.2. The second-order valence-corrected chi connectivity index (χ2v) is 8.53. The predicted molar refractivity (Wildman–Crippen MR) is 130 cm³/mol. The Morgan fingerprint density at radius 3 is 1.48 bits per heavy atom. The number of aliphatic imine (C=N–C) groups is 2. The van der Waals surface area contributed by atoms with Crippen LogP contribution in [0.1, 0.15) is 66.0 Å². The van der Waals surface area contributed by atoms with Gasteiger partial charge in [0.15, 0.2) is 0 Å². The van der Waals surface area contributed by atoms with Crippen LogP contribution in [0.3, 0.4) is 0 Å². The number of carboxylic acids is 1. The number of aryl methyl sites for hydroxylation is 4. The number of hydrogen-bond donors (Lipinski definition) is 3. The van der Waals surface area contributed by atoms with E-state index in [1.165, 1.54) is 0 Å². The van der Waals surface area contributed by atoms with Gasteiger partial charge in [-0.15, -0.1) is 0 Å². The molecule has 1 aliphatic carbocycles. The minimum atomic E-state index is -0.833. The zero-order valence-corrected chi connectivity index (χ0v) is 21.0. The molecule has 181 valence electrons. The summed E-state index contributed by atoms with van der Waals surface area (Å²) >= 11 is 0. The van der Waals surface area contributed by atoms with Gasteiger partial charge in [0.05, 0.1) is 12.1 Å². The number of benzene rings is 2. The SMILES string of the molecule is CC(=O)O.Cc1cc(C)c(O)c(C=N[C@@H]2CCCC[C@H]2N=Cc2cc(C)cc(C)c2O)c1.[Co]. The maximum Gasteiger partial charge on any atom is 0.300 e. The molecule has 7 heteroatoms. The van der Waals surface area contributed by atoms with Crippen LogP contribution in [0.4, 0.5) is 0 Å². The van der Waals surface area contributed by atoms with Gasteiger partial charge in [-0.3, -0.25) is 14.8 Å². The van der Waals surface area contributed by atoms with Crippen LogP contribution in [0.2, 0.25) is 0 Å². The zero-order valence-electron chi connectivity index (χ0n) is 19.9. The molecule has 2 aromatic carbocycles. The fourth-order valence-corrected chi connectivity index (χ4v) is 3.97. The van der Waals surface area contributed by atoms with Crippen LogP contribution >= 0.6 is 0 Å². The minimum absolute atomic E-state index is 0. The van der Waals surface area contributed by atoms with Crippen molar-refractivity contribution in [3.63, 3.8) is 0 Å². The standard InChI is InChI=1S/C24H30N2O2.C2H4O2.Co/c1-15-9-17(3)23(27)19(11-15)13-25-21-7-5-6-8-22(21)26-14-20-12-16(2)10-18(4)24(20)28;1-2(3)4;/h9-14,21-22,27-28H,5-8H2,1-4H3;1H3,(H,3,4);/t21-,22-;;/m1../s1. The number of carboxylic acid groups (broad SMARTS) is 1. The molecule has 0 aromatic heterocycles. The maximum atomic E-state index is 10.3. The number of nitrogens with zero attached hydrogens (tertiary/aromatic N) is 2. The minimum Gasteiger partial charge on any atom is -0.507 e. The van der Waals surface area contributed by atoms with E-state index in [0.29, 0.717) is 11.5 Å². The van der Waals surface area contributed by atoms with Gasteiger partial charge in [-0.25, -0.2) is 0 Å². The van der Waals surface area contributed by atoms with Gasteiger partial charge in [0.1, 0.15) is 11.5 Å². The van der Waals surface area contributed by atoms with Gasteiger partial charge in [-0.1, -0.05) is 25.0 Å². The summed E-state index contributed by atoms with van der Waals surface area (Å²) in [4.78, 5) is 18.6. The Hall–Kier alpha value is -2.64. The van der Waals surface area contributed by atoms with Crippen molar-refractivity contribution in [3.05, 3.63) is 57.6 Å². The van der Waals surface area contributed by atoms with Crippen molar-refractivity contribution in [2.45, 2.75) is 72.4 Å². The van der Waals surface area contributed by atoms with E-state index in [0.717, 1.165) is 66.0 Å². The summed E-state index contributed by atoms with van der Waals surface area (Å²) < 4.78 is 0. The Balaban J connectivity index is 0.00000101. The first-order chi connectivity index (χ1) is 15.1.